The summed E-state index contributed by atoms with van der Waals surface area (Å²) in [6.45, 7) is 5.04. The molecule has 154 valence electrons. The molecule has 1 atom stereocenters. The molecule has 4 aromatic rings. The Bertz CT molecular complexity index is 1340. The number of pyridine rings is 1. The van der Waals surface area contributed by atoms with Crippen LogP contribution in [-0.4, -0.2) is 20.1 Å². The summed E-state index contributed by atoms with van der Waals surface area (Å²) in [5.74, 6) is 0. The summed E-state index contributed by atoms with van der Waals surface area (Å²) in [4.78, 5) is 23.5. The molecule has 30 heavy (non-hydrogen) atoms. The van der Waals surface area contributed by atoms with Crippen LogP contribution in [0, 0.1) is 0 Å². The summed E-state index contributed by atoms with van der Waals surface area (Å²) in [7, 11) is 0. The smallest absolute Gasteiger partial charge is 0.271 e. The van der Waals surface area contributed by atoms with E-state index < -0.39 is 0 Å². The zero-order valence-electron chi connectivity index (χ0n) is 16.5. The molecule has 0 radical (unpaired) electrons. The van der Waals surface area contributed by atoms with Crippen molar-refractivity contribution < 1.29 is 4.74 Å². The van der Waals surface area contributed by atoms with Crippen LogP contribution in [0.1, 0.15) is 37.1 Å². The first-order valence-electron chi connectivity index (χ1n) is 9.76. The number of thiophene rings is 1. The van der Waals surface area contributed by atoms with E-state index in [0.29, 0.717) is 32.4 Å². The van der Waals surface area contributed by atoms with Gasteiger partial charge in [-0.1, -0.05) is 36.2 Å². The summed E-state index contributed by atoms with van der Waals surface area (Å²) in [6.07, 6.45) is 3.25. The van der Waals surface area contributed by atoms with E-state index in [-0.39, 0.29) is 17.7 Å². The molecule has 0 bridgehead atoms. The van der Waals surface area contributed by atoms with E-state index in [4.69, 9.17) is 32.9 Å². The van der Waals surface area contributed by atoms with Crippen LogP contribution in [0.3, 0.4) is 0 Å². The third-order valence-corrected chi connectivity index (χ3v) is 7.65. The second-order valence-corrected chi connectivity index (χ2v) is 9.69. The zero-order chi connectivity index (χ0) is 21.0. The molecule has 1 aliphatic heterocycles. The van der Waals surface area contributed by atoms with Gasteiger partial charge in [0.25, 0.3) is 5.56 Å². The lowest BCUT2D eigenvalue weighted by Crippen LogP contribution is -2.35. The van der Waals surface area contributed by atoms with Gasteiger partial charge in [0, 0.05) is 33.0 Å². The molecule has 0 fully saturated rings. The predicted molar refractivity (Wildman–Crippen MR) is 122 cm³/mol. The minimum atomic E-state index is -0.191. The predicted octanol–water partition coefficient (Wildman–Crippen LogP) is 5.60. The van der Waals surface area contributed by atoms with Gasteiger partial charge in [0.05, 0.1) is 36.3 Å². The lowest BCUT2D eigenvalue weighted by atomic mass is 9.91. The third kappa shape index (κ3) is 3.23. The van der Waals surface area contributed by atoms with Gasteiger partial charge in [-0.3, -0.25) is 9.36 Å². The summed E-state index contributed by atoms with van der Waals surface area (Å²) in [5, 5.41) is 1.95. The van der Waals surface area contributed by atoms with Crippen LogP contribution >= 0.6 is 34.5 Å². The Morgan fingerprint density at radius 2 is 2.07 bits per heavy atom. The van der Waals surface area contributed by atoms with Crippen LogP contribution in [0.2, 0.25) is 10.0 Å². The Labute approximate surface area is 187 Å². The number of ether oxygens (including phenoxy) is 1. The molecule has 0 spiro atoms. The van der Waals surface area contributed by atoms with E-state index in [2.05, 4.69) is 24.9 Å². The average Bonchev–Trinajstić information content (AvgIpc) is 3.09. The minimum Gasteiger partial charge on any atom is -0.370 e. The molecular weight excluding hydrogens is 441 g/mol. The first-order chi connectivity index (χ1) is 14.4. The van der Waals surface area contributed by atoms with Gasteiger partial charge in [0.15, 0.2) is 0 Å². The SMILES string of the molecule is CC[C@@]1(C)Cc2nc3sc4c(=O)n(Cc5c(Cl)cccc5Cl)cnc4c3cc2CO1. The molecule has 0 aliphatic carbocycles. The Kier molecular flexibility index (Phi) is 4.86. The molecule has 0 amide bonds. The van der Waals surface area contributed by atoms with Crippen molar-refractivity contribution in [2.75, 3.05) is 0 Å². The number of aromatic nitrogens is 3. The highest BCUT2D eigenvalue weighted by atomic mass is 35.5. The highest BCUT2D eigenvalue weighted by molar-refractivity contribution is 7.25. The minimum absolute atomic E-state index is 0.119. The van der Waals surface area contributed by atoms with Crippen molar-refractivity contribution in [1.29, 1.82) is 0 Å². The molecule has 1 aliphatic rings. The molecular formula is C22H19Cl2N3O2S. The molecule has 1 aromatic carbocycles. The van der Waals surface area contributed by atoms with Crippen LogP contribution in [0.4, 0.5) is 0 Å². The molecule has 0 saturated carbocycles. The number of nitrogens with zero attached hydrogens (tertiary/aromatic N) is 3. The number of halogens is 2. The number of fused-ring (bicyclic) bond motifs is 4. The van der Waals surface area contributed by atoms with Gasteiger partial charge in [-0.25, -0.2) is 9.97 Å². The van der Waals surface area contributed by atoms with Crippen LogP contribution in [-0.2, 0) is 24.3 Å². The van der Waals surface area contributed by atoms with Crippen LogP contribution in [0.15, 0.2) is 35.4 Å². The number of rotatable bonds is 3. The van der Waals surface area contributed by atoms with Gasteiger partial charge in [-0.15, -0.1) is 11.3 Å². The second-order valence-electron chi connectivity index (χ2n) is 7.87. The van der Waals surface area contributed by atoms with Crippen molar-refractivity contribution in [2.45, 2.75) is 45.4 Å². The number of benzene rings is 1. The van der Waals surface area contributed by atoms with Crippen molar-refractivity contribution in [3.05, 3.63) is 67.8 Å². The number of hydrogen-bond donors (Lipinski definition) is 0. The van der Waals surface area contributed by atoms with Gasteiger partial charge < -0.3 is 4.74 Å². The summed E-state index contributed by atoms with van der Waals surface area (Å²) < 4.78 is 8.19. The van der Waals surface area contributed by atoms with Gasteiger partial charge in [-0.05, 0) is 31.5 Å². The Hall–Kier alpha value is -1.99. The largest absolute Gasteiger partial charge is 0.370 e. The van der Waals surface area contributed by atoms with E-state index in [1.54, 1.807) is 29.1 Å². The van der Waals surface area contributed by atoms with Gasteiger partial charge in [-0.2, -0.15) is 0 Å². The molecule has 4 heterocycles. The fourth-order valence-corrected chi connectivity index (χ4v) is 5.40. The van der Waals surface area contributed by atoms with Gasteiger partial charge >= 0.3 is 0 Å². The molecule has 5 nitrogen and oxygen atoms in total. The standard InChI is InChI=1S/C22H19Cl2N3O2S/c1-3-22(2)8-17-12(10-29-22)7-13-18-19(30-20(13)26-17)21(28)27(11-25-18)9-14-15(23)5-4-6-16(14)24/h4-7,11H,3,8-10H2,1-2H3/t22-/m0/s1. The van der Waals surface area contributed by atoms with Crippen molar-refractivity contribution in [3.63, 3.8) is 0 Å². The summed E-state index contributed by atoms with van der Waals surface area (Å²) in [5.41, 5.74) is 3.20. The Morgan fingerprint density at radius 3 is 2.80 bits per heavy atom. The third-order valence-electron chi connectivity index (χ3n) is 5.86. The first-order valence-corrected chi connectivity index (χ1v) is 11.3. The Morgan fingerprint density at radius 1 is 1.30 bits per heavy atom. The molecule has 8 heteroatoms. The molecule has 0 unspecified atom stereocenters. The van der Waals surface area contributed by atoms with E-state index in [0.717, 1.165) is 34.3 Å². The van der Waals surface area contributed by atoms with Crippen molar-refractivity contribution in [1.82, 2.24) is 14.5 Å². The van der Waals surface area contributed by atoms with E-state index in [1.807, 2.05) is 0 Å². The second kappa shape index (κ2) is 7.31. The first kappa shape index (κ1) is 19.9. The van der Waals surface area contributed by atoms with Crippen LogP contribution in [0.5, 0.6) is 0 Å². The maximum Gasteiger partial charge on any atom is 0.271 e. The normalized spacial score (nSPS) is 18.8. The van der Waals surface area contributed by atoms with E-state index >= 15 is 0 Å². The Balaban J connectivity index is 1.62. The van der Waals surface area contributed by atoms with Crippen molar-refractivity contribution in [2.24, 2.45) is 0 Å². The monoisotopic (exact) mass is 459 g/mol. The summed E-state index contributed by atoms with van der Waals surface area (Å²) in [6, 6.07) is 7.39. The molecule has 5 rings (SSSR count). The van der Waals surface area contributed by atoms with Gasteiger partial charge in [0.1, 0.15) is 9.53 Å². The maximum absolute atomic E-state index is 13.2. The zero-order valence-corrected chi connectivity index (χ0v) is 18.9. The number of hydrogen-bond acceptors (Lipinski definition) is 5. The molecule has 0 N–H and O–H groups in total. The average molecular weight is 460 g/mol. The highest BCUT2D eigenvalue weighted by Crippen LogP contribution is 2.35. The van der Waals surface area contributed by atoms with Crippen molar-refractivity contribution >= 4 is 55.0 Å². The van der Waals surface area contributed by atoms with Crippen LogP contribution < -0.4 is 5.56 Å². The van der Waals surface area contributed by atoms with Gasteiger partial charge in [0.2, 0.25) is 0 Å². The fraction of sp³-hybridized carbons (Fsp3) is 0.318. The lowest BCUT2D eigenvalue weighted by molar-refractivity contribution is -0.0573. The highest BCUT2D eigenvalue weighted by Gasteiger charge is 2.31. The molecule has 3 aromatic heterocycles. The molecule has 0 saturated heterocycles. The summed E-state index contributed by atoms with van der Waals surface area (Å²) >= 11 is 14.0. The van der Waals surface area contributed by atoms with E-state index in [9.17, 15) is 4.79 Å². The quantitative estimate of drug-likeness (QED) is 0.399. The van der Waals surface area contributed by atoms with Crippen LogP contribution in [0.25, 0.3) is 20.4 Å². The van der Waals surface area contributed by atoms with E-state index in [1.165, 1.54) is 11.3 Å². The topological polar surface area (TPSA) is 57.0 Å². The maximum atomic E-state index is 13.2. The van der Waals surface area contributed by atoms with Crippen molar-refractivity contribution in [3.8, 4) is 0 Å². The lowest BCUT2D eigenvalue weighted by Gasteiger charge is -2.33. The fourth-order valence-electron chi connectivity index (χ4n) is 3.80.